The third-order valence-electron chi connectivity index (χ3n) is 7.37. The maximum atomic E-state index is 12.5. The van der Waals surface area contributed by atoms with Crippen LogP contribution >= 0.6 is 0 Å². The molecule has 5 rings (SSSR count). The van der Waals surface area contributed by atoms with Gasteiger partial charge in [-0.2, -0.15) is 0 Å². The van der Waals surface area contributed by atoms with Crippen LogP contribution in [0.2, 0.25) is 0 Å². The summed E-state index contributed by atoms with van der Waals surface area (Å²) < 4.78 is 12.1. The topological polar surface area (TPSA) is 42.0 Å². The number of carbonyl (C=O) groups is 1. The van der Waals surface area contributed by atoms with E-state index in [2.05, 4.69) is 59.2 Å². The summed E-state index contributed by atoms with van der Waals surface area (Å²) in [6.07, 6.45) is 1.47. The summed E-state index contributed by atoms with van der Waals surface area (Å²) in [5, 5.41) is 0. The zero-order chi connectivity index (χ0) is 21.9. The summed E-state index contributed by atoms with van der Waals surface area (Å²) in [7, 11) is 0. The molecule has 3 aliphatic rings. The van der Waals surface area contributed by atoms with Crippen LogP contribution in [0.1, 0.15) is 42.9 Å². The largest absolute Gasteiger partial charge is 0.482 e. The molecule has 0 spiro atoms. The molecule has 2 fully saturated rings. The van der Waals surface area contributed by atoms with Crippen LogP contribution in [0, 0.1) is 5.92 Å². The number of nitrogens with zero attached hydrogens (tertiary/aromatic N) is 2. The lowest BCUT2D eigenvalue weighted by atomic mass is 9.74. The van der Waals surface area contributed by atoms with E-state index in [0.29, 0.717) is 12.3 Å². The molecule has 170 valence electrons. The van der Waals surface area contributed by atoms with Crippen LogP contribution in [0.25, 0.3) is 0 Å². The zero-order valence-electron chi connectivity index (χ0n) is 19.0. The Morgan fingerprint density at radius 3 is 2.50 bits per heavy atom. The van der Waals surface area contributed by atoms with Gasteiger partial charge in [-0.05, 0) is 30.9 Å². The number of fused-ring (bicyclic) bond motifs is 3. The van der Waals surface area contributed by atoms with Crippen molar-refractivity contribution >= 4 is 5.78 Å². The normalized spacial score (nSPS) is 26.9. The number of piperazine rings is 1. The van der Waals surface area contributed by atoms with E-state index >= 15 is 0 Å². The van der Waals surface area contributed by atoms with Crippen LogP contribution in [-0.2, 0) is 9.53 Å². The third kappa shape index (κ3) is 4.47. The highest BCUT2D eigenvalue weighted by atomic mass is 16.5. The van der Waals surface area contributed by atoms with E-state index in [-0.39, 0.29) is 23.9 Å². The summed E-state index contributed by atoms with van der Waals surface area (Å²) in [6.45, 7) is 9.04. The molecule has 2 aromatic carbocycles. The van der Waals surface area contributed by atoms with Crippen molar-refractivity contribution in [2.75, 3.05) is 45.9 Å². The Hall–Kier alpha value is -2.21. The first-order chi connectivity index (χ1) is 15.7. The molecule has 0 bridgehead atoms. The number of ketones is 1. The molecule has 4 atom stereocenters. The molecule has 0 N–H and O–H groups in total. The monoisotopic (exact) mass is 434 g/mol. The Balaban J connectivity index is 1.18. The number of hydrogen-bond donors (Lipinski definition) is 0. The molecule has 0 amide bonds. The quantitative estimate of drug-likeness (QED) is 0.661. The summed E-state index contributed by atoms with van der Waals surface area (Å²) in [4.78, 5) is 17.7. The van der Waals surface area contributed by atoms with Gasteiger partial charge in [0.2, 0.25) is 0 Å². The van der Waals surface area contributed by atoms with Gasteiger partial charge in [-0.25, -0.2) is 0 Å². The maximum Gasteiger partial charge on any atom is 0.173 e. The molecule has 0 aromatic heterocycles. The third-order valence-corrected chi connectivity index (χ3v) is 7.37. The lowest BCUT2D eigenvalue weighted by Gasteiger charge is -2.40. The summed E-state index contributed by atoms with van der Waals surface area (Å²) >= 11 is 0. The highest BCUT2D eigenvalue weighted by Crippen LogP contribution is 2.47. The van der Waals surface area contributed by atoms with Crippen molar-refractivity contribution in [3.05, 3.63) is 65.7 Å². The Morgan fingerprint density at radius 1 is 1.00 bits per heavy atom. The van der Waals surface area contributed by atoms with Crippen LogP contribution in [0.4, 0.5) is 0 Å². The summed E-state index contributed by atoms with van der Waals surface area (Å²) in [5.74, 6) is 1.88. The maximum absolute atomic E-state index is 12.5. The summed E-state index contributed by atoms with van der Waals surface area (Å²) in [6, 6.07) is 18.8. The van der Waals surface area contributed by atoms with Crippen molar-refractivity contribution in [1.82, 2.24) is 9.80 Å². The minimum atomic E-state index is -0.273. The van der Waals surface area contributed by atoms with Gasteiger partial charge in [-0.3, -0.25) is 9.69 Å². The van der Waals surface area contributed by atoms with Crippen molar-refractivity contribution in [1.29, 1.82) is 0 Å². The van der Waals surface area contributed by atoms with Crippen LogP contribution in [0.5, 0.6) is 5.75 Å². The van der Waals surface area contributed by atoms with E-state index in [1.807, 2.05) is 12.1 Å². The van der Waals surface area contributed by atoms with Gasteiger partial charge in [0, 0.05) is 63.8 Å². The number of rotatable bonds is 7. The molecular formula is C27H34N2O3. The van der Waals surface area contributed by atoms with Gasteiger partial charge >= 0.3 is 0 Å². The lowest BCUT2D eigenvalue weighted by Crippen LogP contribution is -2.50. The number of benzene rings is 2. The number of hydrogen-bond acceptors (Lipinski definition) is 5. The second-order valence-electron chi connectivity index (χ2n) is 9.32. The van der Waals surface area contributed by atoms with Crippen LogP contribution in [0.15, 0.2) is 54.6 Å². The molecule has 0 radical (unpaired) electrons. The van der Waals surface area contributed by atoms with Crippen molar-refractivity contribution in [2.45, 2.75) is 37.9 Å². The molecule has 5 nitrogen and oxygen atoms in total. The van der Waals surface area contributed by atoms with Gasteiger partial charge in [0.05, 0.1) is 6.10 Å². The zero-order valence-corrected chi connectivity index (χ0v) is 19.0. The Bertz CT molecular complexity index is 910. The SMILES string of the molecule is CCOC(CN1CCN(CC2CCC(=O)C3Oc4ccccc4C23)CC1)c1ccccc1. The molecule has 32 heavy (non-hydrogen) atoms. The molecule has 1 saturated heterocycles. The van der Waals surface area contributed by atoms with Gasteiger partial charge in [-0.15, -0.1) is 0 Å². The van der Waals surface area contributed by atoms with Crippen LogP contribution in [0.3, 0.4) is 0 Å². The molecule has 2 aliphatic heterocycles. The van der Waals surface area contributed by atoms with E-state index in [0.717, 1.165) is 58.0 Å². The van der Waals surface area contributed by atoms with Crippen LogP contribution < -0.4 is 4.74 Å². The molecule has 2 aromatic rings. The van der Waals surface area contributed by atoms with E-state index in [9.17, 15) is 4.79 Å². The number of para-hydroxylation sites is 1. The van der Waals surface area contributed by atoms with E-state index < -0.39 is 0 Å². The van der Waals surface area contributed by atoms with Crippen molar-refractivity contribution in [3.8, 4) is 5.75 Å². The van der Waals surface area contributed by atoms with Gasteiger partial charge in [-0.1, -0.05) is 48.5 Å². The molecule has 1 aliphatic carbocycles. The number of Topliss-reactive ketones (excluding diaryl/α,β-unsaturated/α-hetero) is 1. The minimum absolute atomic E-state index is 0.130. The standard InChI is InChI=1S/C27H34N2O3/c1-2-31-25(20-8-4-3-5-9-20)19-29-16-14-28(15-17-29)18-21-12-13-23(30)27-26(21)22-10-6-7-11-24(22)32-27/h3-11,21,25-27H,2,12-19H2,1H3. The predicted molar refractivity (Wildman–Crippen MR) is 125 cm³/mol. The van der Waals surface area contributed by atoms with Crippen molar-refractivity contribution in [2.24, 2.45) is 5.92 Å². The Kier molecular flexibility index (Phi) is 6.58. The minimum Gasteiger partial charge on any atom is -0.482 e. The number of carbonyl (C=O) groups excluding carboxylic acids is 1. The molecule has 2 heterocycles. The lowest BCUT2D eigenvalue weighted by molar-refractivity contribution is -0.129. The van der Waals surface area contributed by atoms with E-state index in [1.165, 1.54) is 11.1 Å². The summed E-state index contributed by atoms with van der Waals surface area (Å²) in [5.41, 5.74) is 2.49. The first-order valence-electron chi connectivity index (χ1n) is 12.1. The Morgan fingerprint density at radius 2 is 1.72 bits per heavy atom. The first-order valence-corrected chi connectivity index (χ1v) is 12.1. The fourth-order valence-electron chi connectivity index (χ4n) is 5.70. The molecule has 4 unspecified atom stereocenters. The first kappa shape index (κ1) is 21.6. The van der Waals surface area contributed by atoms with E-state index in [4.69, 9.17) is 9.47 Å². The van der Waals surface area contributed by atoms with Gasteiger partial charge in [0.25, 0.3) is 0 Å². The van der Waals surface area contributed by atoms with Crippen molar-refractivity contribution in [3.63, 3.8) is 0 Å². The second-order valence-corrected chi connectivity index (χ2v) is 9.32. The van der Waals surface area contributed by atoms with Crippen molar-refractivity contribution < 1.29 is 14.3 Å². The highest BCUT2D eigenvalue weighted by Gasteiger charge is 2.46. The number of ether oxygens (including phenoxy) is 2. The van der Waals surface area contributed by atoms with Crippen LogP contribution in [-0.4, -0.2) is 67.6 Å². The fourth-order valence-corrected chi connectivity index (χ4v) is 5.70. The molecule has 5 heteroatoms. The average molecular weight is 435 g/mol. The Labute approximate surface area is 191 Å². The van der Waals surface area contributed by atoms with Gasteiger partial charge < -0.3 is 14.4 Å². The fraction of sp³-hybridized carbons (Fsp3) is 0.519. The highest BCUT2D eigenvalue weighted by molar-refractivity contribution is 5.86. The smallest absolute Gasteiger partial charge is 0.173 e. The predicted octanol–water partition coefficient (Wildman–Crippen LogP) is 3.91. The van der Waals surface area contributed by atoms with Gasteiger partial charge in [0.1, 0.15) is 5.75 Å². The average Bonchev–Trinajstić information content (AvgIpc) is 3.23. The van der Waals surface area contributed by atoms with Gasteiger partial charge in [0.15, 0.2) is 11.9 Å². The molecule has 1 saturated carbocycles. The van der Waals surface area contributed by atoms with E-state index in [1.54, 1.807) is 0 Å². The second kappa shape index (κ2) is 9.74. The molecular weight excluding hydrogens is 400 g/mol.